The highest BCUT2D eigenvalue weighted by Crippen LogP contribution is 2.18. The van der Waals surface area contributed by atoms with Crippen molar-refractivity contribution >= 4 is 0 Å². The molecule has 0 saturated carbocycles. The fraction of sp³-hybridized carbons (Fsp3) is 1.00. The van der Waals surface area contributed by atoms with Crippen LogP contribution in [0.25, 0.3) is 0 Å². The minimum absolute atomic E-state index is 0.0897. The van der Waals surface area contributed by atoms with Crippen LogP contribution in [0.1, 0.15) is 13.8 Å². The molecule has 0 bridgehead atoms. The van der Waals surface area contributed by atoms with E-state index in [9.17, 15) is 5.11 Å². The third-order valence-electron chi connectivity index (χ3n) is 1.68. The fourth-order valence-electron chi connectivity index (χ4n) is 1.00. The Balaban J connectivity index is 2.28. The lowest BCUT2D eigenvalue weighted by Gasteiger charge is -2.20. The summed E-state index contributed by atoms with van der Waals surface area (Å²) in [5.74, 6) is 0. The molecule has 2 atom stereocenters. The quantitative estimate of drug-likeness (QED) is 0.462. The van der Waals surface area contributed by atoms with Crippen LogP contribution in [-0.4, -0.2) is 43.4 Å². The van der Waals surface area contributed by atoms with Gasteiger partial charge in [-0.15, -0.1) is 0 Å². The molecule has 0 aliphatic carbocycles. The topological polar surface area (TPSA) is 51.2 Å². The van der Waals surface area contributed by atoms with Crippen LogP contribution in [0.5, 0.6) is 0 Å². The summed E-state index contributed by atoms with van der Waals surface area (Å²) in [6, 6.07) is 0. The van der Waals surface area contributed by atoms with E-state index in [1.807, 2.05) is 13.8 Å². The first kappa shape index (κ1) is 9.92. The maximum Gasteiger partial charge on any atom is 0.186 e. The summed E-state index contributed by atoms with van der Waals surface area (Å²) in [7, 11) is 0. The molecule has 4 heteroatoms. The number of hydrogen-bond acceptors (Lipinski definition) is 4. The summed E-state index contributed by atoms with van der Waals surface area (Å²) in [5.41, 5.74) is 0. The van der Waals surface area contributed by atoms with Gasteiger partial charge in [0.25, 0.3) is 0 Å². The van der Waals surface area contributed by atoms with E-state index in [-0.39, 0.29) is 6.10 Å². The van der Waals surface area contributed by atoms with Crippen LogP contribution in [0.2, 0.25) is 0 Å². The maximum atomic E-state index is 9.54. The van der Waals surface area contributed by atoms with E-state index in [0.717, 1.165) is 0 Å². The van der Waals surface area contributed by atoms with Crippen LogP contribution in [0.15, 0.2) is 0 Å². The van der Waals surface area contributed by atoms with E-state index in [1.54, 1.807) is 0 Å². The van der Waals surface area contributed by atoms with Gasteiger partial charge in [-0.25, -0.2) is 0 Å². The van der Waals surface area contributed by atoms with Crippen LogP contribution in [0, 0.1) is 0 Å². The molecule has 0 aromatic carbocycles. The Morgan fingerprint density at radius 1 is 1.42 bits per heavy atom. The lowest BCUT2D eigenvalue weighted by molar-refractivity contribution is -0.193. The highest BCUT2D eigenvalue weighted by atomic mass is 16.7. The Kier molecular flexibility index (Phi) is 3.94. The van der Waals surface area contributed by atoms with Crippen molar-refractivity contribution in [1.29, 1.82) is 0 Å². The monoisotopic (exact) mass is 176 g/mol. The highest BCUT2D eigenvalue weighted by molar-refractivity contribution is 4.81. The molecule has 1 aliphatic rings. The van der Waals surface area contributed by atoms with Crippen LogP contribution in [0.4, 0.5) is 0 Å². The van der Waals surface area contributed by atoms with Gasteiger partial charge >= 0.3 is 0 Å². The number of ether oxygens (including phenoxy) is 3. The van der Waals surface area contributed by atoms with E-state index in [2.05, 4.69) is 0 Å². The number of rotatable bonds is 6. The van der Waals surface area contributed by atoms with E-state index in [4.69, 9.17) is 14.2 Å². The molecule has 0 aromatic rings. The van der Waals surface area contributed by atoms with Gasteiger partial charge in [-0.2, -0.15) is 0 Å². The molecule has 1 aliphatic heterocycles. The van der Waals surface area contributed by atoms with Gasteiger partial charge in [0, 0.05) is 13.2 Å². The van der Waals surface area contributed by atoms with Gasteiger partial charge in [-0.05, 0) is 13.8 Å². The normalized spacial score (nSPS) is 24.5. The van der Waals surface area contributed by atoms with Crippen molar-refractivity contribution in [3.8, 4) is 0 Å². The molecule has 0 amide bonds. The zero-order chi connectivity index (χ0) is 8.97. The Morgan fingerprint density at radius 2 is 1.92 bits per heavy atom. The Labute approximate surface area is 72.4 Å². The molecule has 0 aromatic heterocycles. The predicted octanol–water partition coefficient (Wildman–Crippen LogP) is 0.145. The van der Waals surface area contributed by atoms with Gasteiger partial charge in [0.15, 0.2) is 6.29 Å². The number of aliphatic hydroxyl groups excluding tert-OH is 1. The smallest absolute Gasteiger partial charge is 0.186 e. The lowest BCUT2D eigenvalue weighted by Crippen LogP contribution is -2.36. The van der Waals surface area contributed by atoms with Crippen molar-refractivity contribution in [2.45, 2.75) is 32.3 Å². The van der Waals surface area contributed by atoms with Crippen LogP contribution in [-0.2, 0) is 14.2 Å². The zero-order valence-electron chi connectivity index (χ0n) is 7.53. The van der Waals surface area contributed by atoms with E-state index >= 15 is 0 Å². The standard InChI is InChI=1S/C8H16O4/c1-3-10-8(11-4-2)7(9)6-5-12-6/h6-9H,3-5H2,1-2H3. The minimum Gasteiger partial charge on any atom is -0.385 e. The van der Waals surface area contributed by atoms with Crippen molar-refractivity contribution in [1.82, 2.24) is 0 Å². The molecule has 12 heavy (non-hydrogen) atoms. The molecule has 72 valence electrons. The number of epoxide rings is 1. The molecule has 1 heterocycles. The summed E-state index contributed by atoms with van der Waals surface area (Å²) in [4.78, 5) is 0. The summed E-state index contributed by atoms with van der Waals surface area (Å²) in [6.07, 6.45) is -1.27. The molecule has 1 fully saturated rings. The summed E-state index contributed by atoms with van der Waals surface area (Å²) in [6.45, 7) is 5.42. The van der Waals surface area contributed by atoms with E-state index < -0.39 is 12.4 Å². The molecule has 1 N–H and O–H groups in total. The Morgan fingerprint density at radius 3 is 2.25 bits per heavy atom. The van der Waals surface area contributed by atoms with Crippen molar-refractivity contribution < 1.29 is 19.3 Å². The second-order valence-electron chi connectivity index (χ2n) is 2.64. The second kappa shape index (κ2) is 4.77. The first-order valence-corrected chi connectivity index (χ1v) is 4.32. The van der Waals surface area contributed by atoms with Gasteiger partial charge in [0.1, 0.15) is 12.2 Å². The molecule has 4 nitrogen and oxygen atoms in total. The molecule has 1 rings (SSSR count). The minimum atomic E-state index is -0.648. The predicted molar refractivity (Wildman–Crippen MR) is 42.8 cm³/mol. The van der Waals surface area contributed by atoms with Crippen LogP contribution < -0.4 is 0 Å². The Hall–Kier alpha value is -0.160. The fourth-order valence-corrected chi connectivity index (χ4v) is 1.00. The summed E-state index contributed by atoms with van der Waals surface area (Å²) in [5, 5.41) is 9.54. The second-order valence-corrected chi connectivity index (χ2v) is 2.64. The summed E-state index contributed by atoms with van der Waals surface area (Å²) >= 11 is 0. The average Bonchev–Trinajstić information content (AvgIpc) is 2.85. The summed E-state index contributed by atoms with van der Waals surface area (Å²) < 4.78 is 15.3. The van der Waals surface area contributed by atoms with Gasteiger partial charge < -0.3 is 19.3 Å². The molecule has 1 saturated heterocycles. The van der Waals surface area contributed by atoms with Crippen molar-refractivity contribution in [3.63, 3.8) is 0 Å². The van der Waals surface area contributed by atoms with Gasteiger partial charge in [0.2, 0.25) is 0 Å². The molecular weight excluding hydrogens is 160 g/mol. The number of aliphatic hydroxyl groups is 1. The van der Waals surface area contributed by atoms with E-state index in [0.29, 0.717) is 19.8 Å². The molecule has 0 spiro atoms. The van der Waals surface area contributed by atoms with Crippen LogP contribution in [0.3, 0.4) is 0 Å². The van der Waals surface area contributed by atoms with Crippen LogP contribution >= 0.6 is 0 Å². The average molecular weight is 176 g/mol. The molecule has 0 radical (unpaired) electrons. The number of hydrogen-bond donors (Lipinski definition) is 1. The first-order valence-electron chi connectivity index (χ1n) is 4.32. The lowest BCUT2D eigenvalue weighted by atomic mass is 10.2. The van der Waals surface area contributed by atoms with Gasteiger partial charge in [-0.3, -0.25) is 0 Å². The van der Waals surface area contributed by atoms with Gasteiger partial charge in [0.05, 0.1) is 6.61 Å². The third-order valence-corrected chi connectivity index (χ3v) is 1.68. The highest BCUT2D eigenvalue weighted by Gasteiger charge is 2.37. The van der Waals surface area contributed by atoms with Crippen molar-refractivity contribution in [2.75, 3.05) is 19.8 Å². The first-order chi connectivity index (χ1) is 5.79. The van der Waals surface area contributed by atoms with Gasteiger partial charge in [-0.1, -0.05) is 0 Å². The Bertz CT molecular complexity index is 118. The molecular formula is C8H16O4. The third kappa shape index (κ3) is 2.71. The molecule has 2 unspecified atom stereocenters. The van der Waals surface area contributed by atoms with Crippen molar-refractivity contribution in [3.05, 3.63) is 0 Å². The maximum absolute atomic E-state index is 9.54. The SMILES string of the molecule is CCOC(OCC)C(O)C1CO1. The van der Waals surface area contributed by atoms with Crippen molar-refractivity contribution in [2.24, 2.45) is 0 Å². The largest absolute Gasteiger partial charge is 0.385 e. The van der Waals surface area contributed by atoms with E-state index in [1.165, 1.54) is 0 Å². The zero-order valence-corrected chi connectivity index (χ0v) is 7.53.